The van der Waals surface area contributed by atoms with Gasteiger partial charge in [0.2, 0.25) is 11.8 Å². The molecule has 2 amide bonds. The first-order valence-corrected chi connectivity index (χ1v) is 10.9. The Kier molecular flexibility index (Phi) is 5.77. The molecular weight excluding hydrogens is 416 g/mol. The number of amidine groups is 1. The van der Waals surface area contributed by atoms with Crippen LogP contribution < -0.4 is 5.32 Å². The number of rotatable bonds is 6. The van der Waals surface area contributed by atoms with Crippen LogP contribution in [0.3, 0.4) is 0 Å². The second kappa shape index (κ2) is 8.50. The van der Waals surface area contributed by atoms with Gasteiger partial charge in [0.05, 0.1) is 10.6 Å². The molecule has 160 valence electrons. The molecule has 4 rings (SSSR count). The van der Waals surface area contributed by atoms with Crippen LogP contribution in [0.2, 0.25) is 0 Å². The first-order valence-electron chi connectivity index (χ1n) is 10.0. The average molecular weight is 439 g/mol. The van der Waals surface area contributed by atoms with Crippen molar-refractivity contribution in [3.8, 4) is 0 Å². The van der Waals surface area contributed by atoms with E-state index in [9.17, 15) is 19.7 Å². The molecule has 1 atom stereocenters. The van der Waals surface area contributed by atoms with Crippen molar-refractivity contribution in [1.82, 2.24) is 4.90 Å². The second-order valence-electron chi connectivity index (χ2n) is 7.85. The molecule has 2 aliphatic rings. The molecule has 1 unspecified atom stereocenters. The molecule has 0 radical (unpaired) electrons. The molecule has 2 fully saturated rings. The highest BCUT2D eigenvalue weighted by Gasteiger charge is 2.46. The summed E-state index contributed by atoms with van der Waals surface area (Å²) in [4.78, 5) is 42.4. The third-order valence-corrected chi connectivity index (χ3v) is 6.17. The number of amides is 2. The van der Waals surface area contributed by atoms with Crippen molar-refractivity contribution >= 4 is 45.8 Å². The topological polar surface area (TPSA) is 105 Å². The normalized spacial score (nSPS) is 19.7. The molecule has 0 aromatic heterocycles. The van der Waals surface area contributed by atoms with Gasteiger partial charge >= 0.3 is 0 Å². The molecule has 1 aliphatic heterocycles. The number of non-ortho nitro benzene ring substituents is 1. The van der Waals surface area contributed by atoms with E-state index in [1.54, 1.807) is 11.0 Å². The zero-order chi connectivity index (χ0) is 22.1. The number of hydrogen-bond acceptors (Lipinski definition) is 6. The molecule has 1 N–H and O–H groups in total. The largest absolute Gasteiger partial charge is 0.326 e. The Morgan fingerprint density at radius 3 is 2.58 bits per heavy atom. The molecule has 1 saturated heterocycles. The number of benzene rings is 2. The number of anilines is 1. The van der Waals surface area contributed by atoms with Crippen molar-refractivity contribution in [1.29, 1.82) is 0 Å². The van der Waals surface area contributed by atoms with Crippen molar-refractivity contribution < 1.29 is 14.5 Å². The van der Waals surface area contributed by atoms with Gasteiger partial charge in [0.1, 0.15) is 5.25 Å². The average Bonchev–Trinajstić information content (AvgIpc) is 3.47. The van der Waals surface area contributed by atoms with Crippen molar-refractivity contribution in [2.45, 2.75) is 44.4 Å². The summed E-state index contributed by atoms with van der Waals surface area (Å²) in [5.74, 6) is -0.473. The number of nitrogens with zero attached hydrogens (tertiary/aromatic N) is 3. The quantitative estimate of drug-likeness (QED) is 0.534. The molecule has 31 heavy (non-hydrogen) atoms. The molecule has 1 heterocycles. The van der Waals surface area contributed by atoms with Crippen LogP contribution in [0, 0.1) is 24.0 Å². The number of aliphatic imine (C=N–C) groups is 1. The summed E-state index contributed by atoms with van der Waals surface area (Å²) in [6.45, 7) is 4.01. The third-order valence-electron chi connectivity index (χ3n) is 5.02. The zero-order valence-corrected chi connectivity index (χ0v) is 18.0. The number of nitro benzene ring substituents is 1. The minimum Gasteiger partial charge on any atom is -0.326 e. The van der Waals surface area contributed by atoms with Crippen LogP contribution in [-0.4, -0.2) is 38.1 Å². The fraction of sp³-hybridized carbons (Fsp3) is 0.318. The summed E-state index contributed by atoms with van der Waals surface area (Å²) in [7, 11) is 0. The minimum absolute atomic E-state index is 0.0265. The van der Waals surface area contributed by atoms with Gasteiger partial charge in [-0.25, -0.2) is 4.99 Å². The number of nitrogens with one attached hydrogen (secondary N) is 1. The smallest absolute Gasteiger partial charge is 0.271 e. The molecule has 2 aromatic rings. The number of nitro groups is 1. The summed E-state index contributed by atoms with van der Waals surface area (Å²) >= 11 is 1.31. The lowest BCUT2D eigenvalue weighted by molar-refractivity contribution is -0.384. The lowest BCUT2D eigenvalue weighted by atomic mass is 10.1. The van der Waals surface area contributed by atoms with Crippen molar-refractivity contribution in [2.75, 3.05) is 5.32 Å². The number of carbonyl (C=O) groups excluding carboxylic acids is 2. The number of hydrogen-bond donors (Lipinski definition) is 1. The Labute approximate surface area is 183 Å². The maximum absolute atomic E-state index is 13.0. The van der Waals surface area contributed by atoms with Crippen LogP contribution in [-0.2, 0) is 9.59 Å². The van der Waals surface area contributed by atoms with Gasteiger partial charge in [-0.2, -0.15) is 0 Å². The molecule has 9 heteroatoms. The fourth-order valence-corrected chi connectivity index (χ4v) is 4.78. The monoisotopic (exact) mass is 438 g/mol. The Balaban J connectivity index is 1.49. The van der Waals surface area contributed by atoms with E-state index >= 15 is 0 Å². The van der Waals surface area contributed by atoms with E-state index in [1.165, 1.54) is 30.0 Å². The first kappa shape index (κ1) is 21.0. The van der Waals surface area contributed by atoms with Crippen LogP contribution in [0.15, 0.2) is 47.5 Å². The zero-order valence-electron chi connectivity index (χ0n) is 17.2. The highest BCUT2D eigenvalue weighted by Crippen LogP contribution is 2.39. The molecule has 8 nitrogen and oxygen atoms in total. The number of carbonyl (C=O) groups is 2. The van der Waals surface area contributed by atoms with Gasteiger partial charge < -0.3 is 5.32 Å². The minimum atomic E-state index is -0.566. The predicted molar refractivity (Wildman–Crippen MR) is 121 cm³/mol. The summed E-state index contributed by atoms with van der Waals surface area (Å²) < 4.78 is 0. The van der Waals surface area contributed by atoms with Gasteiger partial charge in [0.25, 0.3) is 5.69 Å². The molecule has 2 aromatic carbocycles. The maximum atomic E-state index is 13.0. The Hall–Kier alpha value is -3.20. The summed E-state index contributed by atoms with van der Waals surface area (Å²) in [6, 6.07) is 11.9. The van der Waals surface area contributed by atoms with E-state index in [4.69, 9.17) is 4.99 Å². The maximum Gasteiger partial charge on any atom is 0.271 e. The van der Waals surface area contributed by atoms with Crippen molar-refractivity contribution in [2.24, 2.45) is 4.99 Å². The lowest BCUT2D eigenvalue weighted by Crippen LogP contribution is -2.35. The van der Waals surface area contributed by atoms with Gasteiger partial charge in [0.15, 0.2) is 5.17 Å². The molecule has 1 saturated carbocycles. The Bertz CT molecular complexity index is 1080. The van der Waals surface area contributed by atoms with Gasteiger partial charge in [-0.3, -0.25) is 24.6 Å². The van der Waals surface area contributed by atoms with Crippen molar-refractivity contribution in [3.63, 3.8) is 0 Å². The van der Waals surface area contributed by atoms with Gasteiger partial charge in [0, 0.05) is 30.3 Å². The van der Waals surface area contributed by atoms with Gasteiger partial charge in [-0.1, -0.05) is 23.9 Å². The van der Waals surface area contributed by atoms with E-state index in [-0.39, 0.29) is 30.0 Å². The fourth-order valence-electron chi connectivity index (χ4n) is 3.57. The van der Waals surface area contributed by atoms with Crippen LogP contribution in [0.25, 0.3) is 0 Å². The van der Waals surface area contributed by atoms with Gasteiger partial charge in [-0.05, 0) is 56.0 Å². The highest BCUT2D eigenvalue weighted by atomic mass is 32.2. The van der Waals surface area contributed by atoms with Gasteiger partial charge in [-0.15, -0.1) is 0 Å². The van der Waals surface area contributed by atoms with E-state index in [0.717, 1.165) is 29.7 Å². The predicted octanol–water partition coefficient (Wildman–Crippen LogP) is 4.33. The van der Waals surface area contributed by atoms with Crippen LogP contribution in [0.5, 0.6) is 0 Å². The third kappa shape index (κ3) is 4.93. The van der Waals surface area contributed by atoms with E-state index in [1.807, 2.05) is 26.0 Å². The lowest BCUT2D eigenvalue weighted by Gasteiger charge is -2.15. The number of aryl methyl sites for hydroxylation is 2. The van der Waals surface area contributed by atoms with Crippen LogP contribution >= 0.6 is 11.8 Å². The van der Waals surface area contributed by atoms with Crippen LogP contribution in [0.1, 0.15) is 30.4 Å². The number of thioether (sulfide) groups is 1. The Morgan fingerprint density at radius 1 is 1.23 bits per heavy atom. The van der Waals surface area contributed by atoms with E-state index in [0.29, 0.717) is 10.9 Å². The SMILES string of the molecule is Cc1cc(C)cc(N=C2SC(CC(=O)Nc3cccc([N+](=O)[O-])c3)C(=O)N2C2CC2)c1. The summed E-state index contributed by atoms with van der Waals surface area (Å²) in [5, 5.41) is 13.6. The van der Waals surface area contributed by atoms with Crippen LogP contribution in [0.4, 0.5) is 17.1 Å². The summed E-state index contributed by atoms with van der Waals surface area (Å²) in [5.41, 5.74) is 3.21. The first-order chi connectivity index (χ1) is 14.8. The molecule has 0 bridgehead atoms. The molecular formula is C22H22N4O4S. The van der Waals surface area contributed by atoms with E-state index in [2.05, 4.69) is 11.4 Å². The Morgan fingerprint density at radius 2 is 1.94 bits per heavy atom. The molecule has 0 spiro atoms. The van der Waals surface area contributed by atoms with Crippen molar-refractivity contribution in [3.05, 3.63) is 63.7 Å². The highest BCUT2D eigenvalue weighted by molar-refractivity contribution is 8.15. The second-order valence-corrected chi connectivity index (χ2v) is 9.02. The molecule has 1 aliphatic carbocycles. The standard InChI is InChI=1S/C22H22N4O4S/c1-13-8-14(2)10-16(9-13)24-22-25(17-6-7-17)21(28)19(31-22)12-20(27)23-15-4-3-5-18(11-15)26(29)30/h3-5,8-11,17,19H,6-7,12H2,1-2H3,(H,23,27). The summed E-state index contributed by atoms with van der Waals surface area (Å²) in [6.07, 6.45) is 1.84. The van der Waals surface area contributed by atoms with E-state index < -0.39 is 10.2 Å².